The summed E-state index contributed by atoms with van der Waals surface area (Å²) in [6.07, 6.45) is 0.822. The van der Waals surface area contributed by atoms with Crippen LogP contribution in [-0.2, 0) is 17.8 Å². The van der Waals surface area contributed by atoms with E-state index in [0.29, 0.717) is 29.6 Å². The summed E-state index contributed by atoms with van der Waals surface area (Å²) in [7, 11) is 0. The molecule has 0 atom stereocenters. The van der Waals surface area contributed by atoms with Crippen LogP contribution in [0, 0.1) is 6.92 Å². The van der Waals surface area contributed by atoms with Crippen LogP contribution in [0.15, 0.2) is 53.1 Å². The first-order valence-corrected chi connectivity index (χ1v) is 10.6. The molecule has 0 bridgehead atoms. The number of carbonyl (C=O) groups excluding carboxylic acids is 1. The molecule has 2 heterocycles. The summed E-state index contributed by atoms with van der Waals surface area (Å²) >= 11 is 5.91. The molecule has 1 aliphatic rings. The predicted molar refractivity (Wildman–Crippen MR) is 116 cm³/mol. The van der Waals surface area contributed by atoms with Crippen molar-refractivity contribution in [1.82, 2.24) is 19.9 Å². The predicted octanol–water partition coefficient (Wildman–Crippen LogP) is 3.98. The van der Waals surface area contributed by atoms with Crippen LogP contribution in [-0.4, -0.2) is 52.0 Å². The summed E-state index contributed by atoms with van der Waals surface area (Å²) < 4.78 is 5.31. The van der Waals surface area contributed by atoms with Crippen molar-refractivity contribution < 1.29 is 9.32 Å². The summed E-state index contributed by atoms with van der Waals surface area (Å²) in [5, 5.41) is 4.66. The van der Waals surface area contributed by atoms with Crippen LogP contribution in [0.1, 0.15) is 23.4 Å². The maximum Gasteiger partial charge on any atom is 0.227 e. The number of amides is 1. The van der Waals surface area contributed by atoms with E-state index in [1.807, 2.05) is 17.0 Å². The fraction of sp³-hybridized carbons (Fsp3) is 0.348. The van der Waals surface area contributed by atoms with E-state index < -0.39 is 0 Å². The third-order valence-corrected chi connectivity index (χ3v) is 5.59. The van der Waals surface area contributed by atoms with Gasteiger partial charge in [0.15, 0.2) is 0 Å². The molecular formula is C23H25ClN4O2. The first kappa shape index (κ1) is 20.6. The van der Waals surface area contributed by atoms with Crippen molar-refractivity contribution >= 4 is 17.5 Å². The highest BCUT2D eigenvalue weighted by Crippen LogP contribution is 2.19. The van der Waals surface area contributed by atoms with E-state index in [-0.39, 0.29) is 5.91 Å². The summed E-state index contributed by atoms with van der Waals surface area (Å²) in [4.78, 5) is 21.3. The highest BCUT2D eigenvalue weighted by molar-refractivity contribution is 6.30. The van der Waals surface area contributed by atoms with Gasteiger partial charge in [0.1, 0.15) is 0 Å². The third-order valence-electron chi connectivity index (χ3n) is 5.34. The van der Waals surface area contributed by atoms with E-state index in [2.05, 4.69) is 46.2 Å². The first-order valence-electron chi connectivity index (χ1n) is 10.2. The molecule has 7 heteroatoms. The lowest BCUT2D eigenvalue weighted by atomic mass is 10.1. The maximum atomic E-state index is 12.6. The average molecular weight is 425 g/mol. The highest BCUT2D eigenvalue weighted by Gasteiger charge is 2.21. The lowest BCUT2D eigenvalue weighted by Gasteiger charge is -2.34. The number of carbonyl (C=O) groups is 1. The summed E-state index contributed by atoms with van der Waals surface area (Å²) in [5.41, 5.74) is 3.44. The van der Waals surface area contributed by atoms with E-state index in [4.69, 9.17) is 16.1 Å². The van der Waals surface area contributed by atoms with Crippen LogP contribution >= 0.6 is 11.6 Å². The molecule has 0 saturated carbocycles. The molecule has 4 rings (SSSR count). The van der Waals surface area contributed by atoms with Gasteiger partial charge in [-0.1, -0.05) is 46.6 Å². The molecule has 0 aliphatic carbocycles. The number of piperazine rings is 1. The van der Waals surface area contributed by atoms with Gasteiger partial charge in [-0.25, -0.2) is 0 Å². The molecule has 0 radical (unpaired) electrons. The number of aromatic nitrogens is 2. The second-order valence-corrected chi connectivity index (χ2v) is 8.10. The lowest BCUT2D eigenvalue weighted by Crippen LogP contribution is -2.48. The Morgan fingerprint density at radius 2 is 1.87 bits per heavy atom. The molecule has 30 heavy (non-hydrogen) atoms. The molecule has 1 saturated heterocycles. The topological polar surface area (TPSA) is 62.5 Å². The second kappa shape index (κ2) is 9.41. The molecule has 1 amide bonds. The zero-order valence-corrected chi connectivity index (χ0v) is 17.8. The van der Waals surface area contributed by atoms with Gasteiger partial charge in [0.25, 0.3) is 0 Å². The number of hydrogen-bond acceptors (Lipinski definition) is 5. The first-order chi connectivity index (χ1) is 14.6. The molecule has 0 spiro atoms. The Balaban J connectivity index is 1.24. The van der Waals surface area contributed by atoms with Crippen molar-refractivity contribution in [2.75, 3.05) is 26.2 Å². The Morgan fingerprint density at radius 3 is 2.60 bits per heavy atom. The van der Waals surface area contributed by atoms with Crippen LogP contribution in [0.25, 0.3) is 11.4 Å². The minimum Gasteiger partial charge on any atom is -0.340 e. The van der Waals surface area contributed by atoms with Crippen molar-refractivity contribution in [3.63, 3.8) is 0 Å². The van der Waals surface area contributed by atoms with E-state index in [1.165, 1.54) is 11.1 Å². The summed E-state index contributed by atoms with van der Waals surface area (Å²) in [6, 6.07) is 15.9. The van der Waals surface area contributed by atoms with Crippen LogP contribution < -0.4 is 0 Å². The molecule has 1 aliphatic heterocycles. The molecule has 2 aromatic carbocycles. The SMILES string of the molecule is Cc1cccc(CN2CCN(C(=O)CCc3nc(-c4ccc(Cl)cc4)no3)CC2)c1. The quantitative estimate of drug-likeness (QED) is 0.599. The smallest absolute Gasteiger partial charge is 0.227 e. The van der Waals surface area contributed by atoms with E-state index >= 15 is 0 Å². The second-order valence-electron chi connectivity index (χ2n) is 7.66. The van der Waals surface area contributed by atoms with Gasteiger partial charge in [-0.3, -0.25) is 9.69 Å². The summed E-state index contributed by atoms with van der Waals surface area (Å²) in [5.74, 6) is 1.13. The fourth-order valence-electron chi connectivity index (χ4n) is 3.67. The van der Waals surface area contributed by atoms with Crippen LogP contribution in [0.3, 0.4) is 0 Å². The molecule has 0 unspecified atom stereocenters. The Labute approximate surface area is 181 Å². The van der Waals surface area contributed by atoms with Crippen molar-refractivity contribution in [2.45, 2.75) is 26.3 Å². The number of halogens is 1. The molecule has 6 nitrogen and oxygen atoms in total. The van der Waals surface area contributed by atoms with Crippen molar-refractivity contribution in [2.24, 2.45) is 0 Å². The number of nitrogens with zero attached hydrogens (tertiary/aromatic N) is 4. The highest BCUT2D eigenvalue weighted by atomic mass is 35.5. The standard InChI is InChI=1S/C23H25ClN4O2/c1-17-3-2-4-18(15-17)16-27-11-13-28(14-12-27)22(29)10-9-21-25-23(26-30-21)19-5-7-20(24)8-6-19/h2-8,15H,9-14,16H2,1H3. The van der Waals surface area contributed by atoms with Crippen molar-refractivity contribution in [1.29, 1.82) is 0 Å². The van der Waals surface area contributed by atoms with Gasteiger partial charge in [0.05, 0.1) is 0 Å². The minimum absolute atomic E-state index is 0.136. The largest absolute Gasteiger partial charge is 0.340 e. The normalized spacial score (nSPS) is 14.8. The van der Waals surface area contributed by atoms with Crippen molar-refractivity contribution in [3.8, 4) is 11.4 Å². The fourth-order valence-corrected chi connectivity index (χ4v) is 3.79. The number of hydrogen-bond donors (Lipinski definition) is 0. The van der Waals surface area contributed by atoms with Crippen LogP contribution in [0.4, 0.5) is 0 Å². The zero-order chi connectivity index (χ0) is 20.9. The van der Waals surface area contributed by atoms with Gasteiger partial charge in [0.2, 0.25) is 17.6 Å². The summed E-state index contributed by atoms with van der Waals surface area (Å²) in [6.45, 7) is 6.33. The molecular weight excluding hydrogens is 400 g/mol. The third kappa shape index (κ3) is 5.26. The molecule has 1 fully saturated rings. The Bertz CT molecular complexity index is 994. The monoisotopic (exact) mass is 424 g/mol. The van der Waals surface area contributed by atoms with E-state index in [1.54, 1.807) is 12.1 Å². The molecule has 156 valence electrons. The average Bonchev–Trinajstić information content (AvgIpc) is 3.22. The Morgan fingerprint density at radius 1 is 1.10 bits per heavy atom. The van der Waals surface area contributed by atoms with Gasteiger partial charge >= 0.3 is 0 Å². The van der Waals surface area contributed by atoms with Gasteiger partial charge in [-0.2, -0.15) is 4.98 Å². The van der Waals surface area contributed by atoms with Gasteiger partial charge in [-0.15, -0.1) is 0 Å². The van der Waals surface area contributed by atoms with Gasteiger partial charge in [-0.05, 0) is 36.8 Å². The Kier molecular flexibility index (Phi) is 6.45. The van der Waals surface area contributed by atoms with Crippen LogP contribution in [0.2, 0.25) is 5.02 Å². The lowest BCUT2D eigenvalue weighted by molar-refractivity contribution is -0.133. The van der Waals surface area contributed by atoms with Gasteiger partial charge in [0, 0.05) is 56.2 Å². The van der Waals surface area contributed by atoms with Gasteiger partial charge < -0.3 is 9.42 Å². The number of rotatable bonds is 6. The molecule has 0 N–H and O–H groups in total. The Hall–Kier alpha value is -2.70. The maximum absolute atomic E-state index is 12.6. The van der Waals surface area contributed by atoms with Crippen molar-refractivity contribution in [3.05, 3.63) is 70.6 Å². The van der Waals surface area contributed by atoms with E-state index in [9.17, 15) is 4.79 Å². The molecule has 1 aromatic heterocycles. The zero-order valence-electron chi connectivity index (χ0n) is 17.1. The number of benzene rings is 2. The molecule has 3 aromatic rings. The minimum atomic E-state index is 0.136. The van der Waals surface area contributed by atoms with Crippen LogP contribution in [0.5, 0.6) is 0 Å². The van der Waals surface area contributed by atoms with E-state index in [0.717, 1.165) is 38.3 Å². The number of aryl methyl sites for hydroxylation is 2.